The third-order valence-corrected chi connectivity index (χ3v) is 4.52. The van der Waals surface area contributed by atoms with E-state index in [1.54, 1.807) is 11.8 Å². The van der Waals surface area contributed by atoms with Gasteiger partial charge in [0.1, 0.15) is 5.82 Å². The van der Waals surface area contributed by atoms with Gasteiger partial charge in [-0.1, -0.05) is 17.8 Å². The Balaban J connectivity index is 1.67. The molecule has 2 aliphatic rings. The number of thioether (sulfide) groups is 1. The first kappa shape index (κ1) is 12.2. The summed E-state index contributed by atoms with van der Waals surface area (Å²) in [5.74, 6) is 2.76. The van der Waals surface area contributed by atoms with E-state index in [1.807, 2.05) is 6.08 Å². The number of hydrogen-bond acceptors (Lipinski definition) is 4. The van der Waals surface area contributed by atoms with Crippen LogP contribution in [0.25, 0.3) is 0 Å². The van der Waals surface area contributed by atoms with Crippen LogP contribution in [0.15, 0.2) is 17.8 Å². The van der Waals surface area contributed by atoms with Gasteiger partial charge < -0.3 is 9.30 Å². The summed E-state index contributed by atoms with van der Waals surface area (Å²) in [5.41, 5.74) is 0. The molecule has 3 rings (SSSR count). The maximum Gasteiger partial charge on any atom is 0.191 e. The smallest absolute Gasteiger partial charge is 0.191 e. The summed E-state index contributed by atoms with van der Waals surface area (Å²) in [6.07, 6.45) is 7.20. The first-order chi connectivity index (χ1) is 8.88. The minimum absolute atomic E-state index is 0.397. The zero-order valence-corrected chi connectivity index (χ0v) is 11.4. The fourth-order valence-corrected chi connectivity index (χ4v) is 3.31. The molecule has 0 spiro atoms. The van der Waals surface area contributed by atoms with Gasteiger partial charge in [0, 0.05) is 24.8 Å². The van der Waals surface area contributed by atoms with E-state index in [0.29, 0.717) is 12.0 Å². The molecule has 1 aromatic rings. The monoisotopic (exact) mass is 265 g/mol. The van der Waals surface area contributed by atoms with Crippen molar-refractivity contribution in [1.82, 2.24) is 14.8 Å². The third-order valence-electron chi connectivity index (χ3n) is 3.42. The molecule has 0 amide bonds. The van der Waals surface area contributed by atoms with Gasteiger partial charge in [0.15, 0.2) is 5.16 Å². The Labute approximate surface area is 112 Å². The Morgan fingerprint density at radius 3 is 2.94 bits per heavy atom. The maximum absolute atomic E-state index is 5.64. The predicted molar refractivity (Wildman–Crippen MR) is 71.9 cm³/mol. The summed E-state index contributed by atoms with van der Waals surface area (Å²) in [4.78, 5) is 0. The van der Waals surface area contributed by atoms with Crippen LogP contribution in [-0.2, 0) is 11.3 Å². The lowest BCUT2D eigenvalue weighted by Gasteiger charge is -2.10. The molecule has 1 saturated heterocycles. The molecule has 0 radical (unpaired) electrons. The van der Waals surface area contributed by atoms with Gasteiger partial charge in [0.25, 0.3) is 0 Å². The molecule has 2 fully saturated rings. The van der Waals surface area contributed by atoms with Crippen molar-refractivity contribution in [2.75, 3.05) is 12.4 Å². The first-order valence-electron chi connectivity index (χ1n) is 6.67. The molecular weight excluding hydrogens is 246 g/mol. The molecule has 1 saturated carbocycles. The average molecular weight is 265 g/mol. The standard InChI is InChI=1S/C13H19N3OS/c1-2-7-16-12(10-5-6-10)14-15-13(16)18-9-11-4-3-8-17-11/h2,10-11H,1,3-9H2. The zero-order valence-electron chi connectivity index (χ0n) is 10.5. The number of hydrogen-bond donors (Lipinski definition) is 0. The highest BCUT2D eigenvalue weighted by molar-refractivity contribution is 7.99. The molecule has 4 nitrogen and oxygen atoms in total. The second-order valence-electron chi connectivity index (χ2n) is 4.96. The molecule has 2 heterocycles. The molecule has 18 heavy (non-hydrogen) atoms. The van der Waals surface area contributed by atoms with Crippen molar-refractivity contribution >= 4 is 11.8 Å². The highest BCUT2D eigenvalue weighted by Crippen LogP contribution is 2.40. The largest absolute Gasteiger partial charge is 0.377 e. The molecule has 1 atom stereocenters. The highest BCUT2D eigenvalue weighted by atomic mass is 32.2. The Bertz CT molecular complexity index is 422. The second kappa shape index (κ2) is 5.45. The molecule has 0 bridgehead atoms. The van der Waals surface area contributed by atoms with Crippen LogP contribution in [0.2, 0.25) is 0 Å². The van der Waals surface area contributed by atoms with Crippen LogP contribution in [0.5, 0.6) is 0 Å². The lowest BCUT2D eigenvalue weighted by atomic mass is 10.3. The summed E-state index contributed by atoms with van der Waals surface area (Å²) in [5, 5.41) is 9.70. The van der Waals surface area contributed by atoms with Crippen LogP contribution in [0.3, 0.4) is 0 Å². The summed E-state index contributed by atoms with van der Waals surface area (Å²) >= 11 is 1.77. The topological polar surface area (TPSA) is 39.9 Å². The van der Waals surface area contributed by atoms with Crippen molar-refractivity contribution in [2.45, 2.75) is 49.4 Å². The molecule has 1 aromatic heterocycles. The lowest BCUT2D eigenvalue weighted by Crippen LogP contribution is -2.09. The van der Waals surface area contributed by atoms with Crippen LogP contribution in [0, 0.1) is 0 Å². The summed E-state index contributed by atoms with van der Waals surface area (Å²) in [7, 11) is 0. The molecule has 5 heteroatoms. The molecule has 0 aromatic carbocycles. The van der Waals surface area contributed by atoms with E-state index in [4.69, 9.17) is 4.74 Å². The van der Waals surface area contributed by atoms with Gasteiger partial charge in [0.05, 0.1) is 6.10 Å². The van der Waals surface area contributed by atoms with Crippen molar-refractivity contribution in [1.29, 1.82) is 0 Å². The first-order valence-corrected chi connectivity index (χ1v) is 7.65. The fourth-order valence-electron chi connectivity index (χ4n) is 2.29. The van der Waals surface area contributed by atoms with Crippen molar-refractivity contribution in [3.63, 3.8) is 0 Å². The van der Waals surface area contributed by atoms with Crippen LogP contribution in [-0.4, -0.2) is 33.2 Å². The van der Waals surface area contributed by atoms with E-state index < -0.39 is 0 Å². The van der Waals surface area contributed by atoms with E-state index in [2.05, 4.69) is 21.3 Å². The van der Waals surface area contributed by atoms with Gasteiger partial charge in [-0.15, -0.1) is 16.8 Å². The SMILES string of the molecule is C=CCn1c(SCC2CCCO2)nnc1C1CC1. The Morgan fingerprint density at radius 2 is 2.28 bits per heavy atom. The fraction of sp³-hybridized carbons (Fsp3) is 0.692. The number of ether oxygens (including phenoxy) is 1. The van der Waals surface area contributed by atoms with Crippen molar-refractivity contribution in [3.8, 4) is 0 Å². The summed E-state index contributed by atoms with van der Waals surface area (Å²) < 4.78 is 7.86. The van der Waals surface area contributed by atoms with E-state index in [0.717, 1.165) is 29.9 Å². The van der Waals surface area contributed by atoms with Gasteiger partial charge >= 0.3 is 0 Å². The van der Waals surface area contributed by atoms with Crippen LogP contribution in [0.4, 0.5) is 0 Å². The maximum atomic E-state index is 5.64. The van der Waals surface area contributed by atoms with E-state index in [1.165, 1.54) is 25.7 Å². The Morgan fingerprint density at radius 1 is 1.39 bits per heavy atom. The van der Waals surface area contributed by atoms with E-state index in [9.17, 15) is 0 Å². The normalized spacial score (nSPS) is 23.4. The number of nitrogens with zero attached hydrogens (tertiary/aromatic N) is 3. The van der Waals surface area contributed by atoms with Crippen molar-refractivity contribution in [3.05, 3.63) is 18.5 Å². The third kappa shape index (κ3) is 2.62. The Hall–Kier alpha value is -0.810. The summed E-state index contributed by atoms with van der Waals surface area (Å²) in [6.45, 7) is 5.55. The van der Waals surface area contributed by atoms with Gasteiger partial charge in [-0.25, -0.2) is 0 Å². The second-order valence-corrected chi connectivity index (χ2v) is 5.95. The molecule has 1 aliphatic heterocycles. The summed E-state index contributed by atoms with van der Waals surface area (Å²) in [6, 6.07) is 0. The quantitative estimate of drug-likeness (QED) is 0.585. The number of allylic oxidation sites excluding steroid dienone is 1. The number of rotatable bonds is 6. The Kier molecular flexibility index (Phi) is 3.70. The molecule has 1 unspecified atom stereocenters. The van der Waals surface area contributed by atoms with Crippen molar-refractivity contribution in [2.24, 2.45) is 0 Å². The molecule has 98 valence electrons. The van der Waals surface area contributed by atoms with Crippen LogP contribution in [0.1, 0.15) is 37.4 Å². The molecule has 1 aliphatic carbocycles. The minimum atomic E-state index is 0.397. The average Bonchev–Trinajstić information content (AvgIpc) is 2.94. The van der Waals surface area contributed by atoms with Crippen LogP contribution >= 0.6 is 11.8 Å². The predicted octanol–water partition coefficient (Wildman–Crippen LogP) is 2.61. The number of aromatic nitrogens is 3. The van der Waals surface area contributed by atoms with E-state index >= 15 is 0 Å². The van der Waals surface area contributed by atoms with Gasteiger partial charge in [-0.3, -0.25) is 0 Å². The van der Waals surface area contributed by atoms with Crippen LogP contribution < -0.4 is 0 Å². The zero-order chi connectivity index (χ0) is 12.4. The van der Waals surface area contributed by atoms with E-state index in [-0.39, 0.29) is 0 Å². The highest BCUT2D eigenvalue weighted by Gasteiger charge is 2.30. The molecule has 0 N–H and O–H groups in total. The van der Waals surface area contributed by atoms with Crippen molar-refractivity contribution < 1.29 is 4.74 Å². The minimum Gasteiger partial charge on any atom is -0.377 e. The van der Waals surface area contributed by atoms with Gasteiger partial charge in [-0.05, 0) is 25.7 Å². The molecular formula is C13H19N3OS. The van der Waals surface area contributed by atoms with Gasteiger partial charge in [0.2, 0.25) is 0 Å². The lowest BCUT2D eigenvalue weighted by molar-refractivity contribution is 0.129. The van der Waals surface area contributed by atoms with Gasteiger partial charge in [-0.2, -0.15) is 0 Å².